The average Bonchev–Trinajstić information content (AvgIpc) is 2.84. The topological polar surface area (TPSA) is 49.4 Å². The highest BCUT2D eigenvalue weighted by molar-refractivity contribution is 7.99. The molecular weight excluding hydrogens is 452 g/mol. The zero-order valence-electron chi connectivity index (χ0n) is 18.7. The van der Waals surface area contributed by atoms with Gasteiger partial charge in [-0.1, -0.05) is 84.4 Å². The summed E-state index contributed by atoms with van der Waals surface area (Å²) in [6.07, 6.45) is 0.465. The number of carbonyl (C=O) groups excluding carboxylic acids is 2. The number of likely N-dealkylation sites (N-methyl/N-ethyl adjacent to an activating group) is 1. The van der Waals surface area contributed by atoms with Crippen LogP contribution in [0.15, 0.2) is 84.9 Å². The van der Waals surface area contributed by atoms with Crippen molar-refractivity contribution in [3.63, 3.8) is 0 Å². The van der Waals surface area contributed by atoms with Gasteiger partial charge in [-0.15, -0.1) is 11.8 Å². The molecule has 6 heteroatoms. The Morgan fingerprint density at radius 2 is 1.48 bits per heavy atom. The smallest absolute Gasteiger partial charge is 0.243 e. The normalized spacial score (nSPS) is 11.6. The van der Waals surface area contributed by atoms with Crippen LogP contribution in [0.4, 0.5) is 0 Å². The second kappa shape index (κ2) is 13.1. The van der Waals surface area contributed by atoms with Crippen LogP contribution in [-0.2, 0) is 28.3 Å². The summed E-state index contributed by atoms with van der Waals surface area (Å²) in [5.41, 5.74) is 3.13. The van der Waals surface area contributed by atoms with Crippen LogP contribution in [0.2, 0.25) is 5.02 Å². The first-order valence-corrected chi connectivity index (χ1v) is 12.6. The molecule has 0 aliphatic heterocycles. The Balaban J connectivity index is 1.79. The molecule has 0 bridgehead atoms. The third-order valence-electron chi connectivity index (χ3n) is 5.23. The van der Waals surface area contributed by atoms with Gasteiger partial charge in [0.25, 0.3) is 0 Å². The lowest BCUT2D eigenvalue weighted by molar-refractivity contribution is -0.139. The summed E-state index contributed by atoms with van der Waals surface area (Å²) >= 11 is 7.51. The number of hydrogen-bond donors (Lipinski definition) is 1. The van der Waals surface area contributed by atoms with Gasteiger partial charge in [0.05, 0.1) is 5.75 Å². The maximum absolute atomic E-state index is 13.4. The van der Waals surface area contributed by atoms with Crippen LogP contribution in [0.3, 0.4) is 0 Å². The Morgan fingerprint density at radius 1 is 0.879 bits per heavy atom. The summed E-state index contributed by atoms with van der Waals surface area (Å²) in [7, 11) is 0. The maximum atomic E-state index is 13.4. The molecule has 172 valence electrons. The van der Waals surface area contributed by atoms with Crippen molar-refractivity contribution in [1.29, 1.82) is 0 Å². The molecule has 0 aromatic heterocycles. The van der Waals surface area contributed by atoms with Crippen molar-refractivity contribution < 1.29 is 9.59 Å². The lowest BCUT2D eigenvalue weighted by atomic mass is 10.0. The highest BCUT2D eigenvalue weighted by Crippen LogP contribution is 2.19. The average molecular weight is 481 g/mol. The lowest BCUT2D eigenvalue weighted by Crippen LogP contribution is -2.51. The van der Waals surface area contributed by atoms with Gasteiger partial charge >= 0.3 is 0 Å². The molecule has 0 fully saturated rings. The van der Waals surface area contributed by atoms with Crippen LogP contribution in [0.25, 0.3) is 0 Å². The van der Waals surface area contributed by atoms with Crippen molar-refractivity contribution in [1.82, 2.24) is 10.2 Å². The molecule has 0 spiro atoms. The minimum atomic E-state index is -0.587. The van der Waals surface area contributed by atoms with Crippen LogP contribution < -0.4 is 5.32 Å². The second-order valence-electron chi connectivity index (χ2n) is 7.73. The van der Waals surface area contributed by atoms with Crippen molar-refractivity contribution in [2.75, 3.05) is 12.3 Å². The minimum absolute atomic E-state index is 0.0509. The Kier molecular flexibility index (Phi) is 9.85. The van der Waals surface area contributed by atoms with E-state index in [1.165, 1.54) is 0 Å². The molecule has 4 nitrogen and oxygen atoms in total. The number of hydrogen-bond acceptors (Lipinski definition) is 3. The van der Waals surface area contributed by atoms with Gasteiger partial charge in [0.1, 0.15) is 6.04 Å². The molecule has 0 saturated carbocycles. The van der Waals surface area contributed by atoms with Crippen LogP contribution in [0.5, 0.6) is 0 Å². The fourth-order valence-electron chi connectivity index (χ4n) is 3.55. The van der Waals surface area contributed by atoms with Crippen LogP contribution >= 0.6 is 23.4 Å². The van der Waals surface area contributed by atoms with E-state index in [0.29, 0.717) is 36.0 Å². The molecule has 0 radical (unpaired) electrons. The standard InChI is InChI=1S/C27H29ClN2O2S/c1-2-29-27(32)25(17-21-9-5-3-6-10-21)30(18-22-11-7-4-8-12-22)26(31)20-33-19-23-13-15-24(28)16-14-23/h3-16,25H,2,17-20H2,1H3,(H,29,32)/t25-/m0/s1. The molecule has 3 aromatic carbocycles. The predicted octanol–water partition coefficient (Wildman–Crippen LogP) is 5.35. The van der Waals surface area contributed by atoms with E-state index < -0.39 is 6.04 Å². The fraction of sp³-hybridized carbons (Fsp3) is 0.259. The number of thioether (sulfide) groups is 1. The Morgan fingerprint density at radius 3 is 2.09 bits per heavy atom. The number of carbonyl (C=O) groups is 2. The first-order chi connectivity index (χ1) is 16.1. The largest absolute Gasteiger partial charge is 0.355 e. The molecule has 2 amide bonds. The fourth-order valence-corrected chi connectivity index (χ4v) is 4.54. The Bertz CT molecular complexity index is 1010. The van der Waals surface area contributed by atoms with E-state index in [1.54, 1.807) is 16.7 Å². The Hall–Kier alpha value is -2.76. The van der Waals surface area contributed by atoms with Crippen molar-refractivity contribution in [2.24, 2.45) is 0 Å². The van der Waals surface area contributed by atoms with Crippen LogP contribution in [-0.4, -0.2) is 35.1 Å². The SMILES string of the molecule is CCNC(=O)[C@H](Cc1ccccc1)N(Cc1ccccc1)C(=O)CSCc1ccc(Cl)cc1. The van der Waals surface area contributed by atoms with Gasteiger partial charge in [-0.05, 0) is 35.7 Å². The molecule has 0 saturated heterocycles. The molecule has 0 heterocycles. The van der Waals surface area contributed by atoms with E-state index in [-0.39, 0.29) is 11.8 Å². The van der Waals surface area contributed by atoms with Gasteiger partial charge in [0.2, 0.25) is 11.8 Å². The number of nitrogens with zero attached hydrogens (tertiary/aromatic N) is 1. The third-order valence-corrected chi connectivity index (χ3v) is 6.47. The number of nitrogens with one attached hydrogen (secondary N) is 1. The lowest BCUT2D eigenvalue weighted by Gasteiger charge is -2.31. The number of rotatable bonds is 11. The van der Waals surface area contributed by atoms with Crippen molar-refractivity contribution >= 4 is 35.2 Å². The van der Waals surface area contributed by atoms with Gasteiger partial charge in [-0.25, -0.2) is 0 Å². The van der Waals surface area contributed by atoms with Gasteiger partial charge in [0, 0.05) is 30.3 Å². The molecule has 3 aromatic rings. The molecule has 0 aliphatic rings. The summed E-state index contributed by atoms with van der Waals surface area (Å²) in [5, 5.41) is 3.62. The zero-order valence-corrected chi connectivity index (χ0v) is 20.3. The van der Waals surface area contributed by atoms with E-state index in [9.17, 15) is 9.59 Å². The van der Waals surface area contributed by atoms with Crippen LogP contribution in [0.1, 0.15) is 23.6 Å². The Labute approximate surface area is 205 Å². The quantitative estimate of drug-likeness (QED) is 0.402. The minimum Gasteiger partial charge on any atom is -0.355 e. The molecular formula is C27H29ClN2O2S. The second-order valence-corrected chi connectivity index (χ2v) is 9.15. The maximum Gasteiger partial charge on any atom is 0.243 e. The first kappa shape index (κ1) is 24.9. The third kappa shape index (κ3) is 7.95. The number of amides is 2. The van der Waals surface area contributed by atoms with Gasteiger partial charge in [-0.3, -0.25) is 9.59 Å². The number of halogens is 1. The van der Waals surface area contributed by atoms with E-state index in [4.69, 9.17) is 11.6 Å². The van der Waals surface area contributed by atoms with E-state index in [1.807, 2.05) is 91.9 Å². The molecule has 33 heavy (non-hydrogen) atoms. The molecule has 0 unspecified atom stereocenters. The monoisotopic (exact) mass is 480 g/mol. The van der Waals surface area contributed by atoms with Crippen molar-refractivity contribution in [2.45, 2.75) is 31.7 Å². The van der Waals surface area contributed by atoms with Crippen molar-refractivity contribution in [3.8, 4) is 0 Å². The van der Waals surface area contributed by atoms with Crippen molar-refractivity contribution in [3.05, 3.63) is 107 Å². The summed E-state index contributed by atoms with van der Waals surface area (Å²) in [6.45, 7) is 2.79. The van der Waals surface area contributed by atoms with Gasteiger partial charge in [-0.2, -0.15) is 0 Å². The molecule has 0 aliphatic carbocycles. The first-order valence-electron chi connectivity index (χ1n) is 11.0. The van der Waals surface area contributed by atoms with E-state index in [0.717, 1.165) is 16.7 Å². The summed E-state index contributed by atoms with van der Waals surface area (Å²) in [4.78, 5) is 28.2. The molecule has 1 atom stereocenters. The van der Waals surface area contributed by atoms with Gasteiger partial charge < -0.3 is 10.2 Å². The molecule has 1 N–H and O–H groups in total. The highest BCUT2D eigenvalue weighted by Gasteiger charge is 2.29. The number of benzene rings is 3. The summed E-state index contributed by atoms with van der Waals surface area (Å²) in [5.74, 6) is 0.811. The highest BCUT2D eigenvalue weighted by atomic mass is 35.5. The summed E-state index contributed by atoms with van der Waals surface area (Å²) < 4.78 is 0. The summed E-state index contributed by atoms with van der Waals surface area (Å²) in [6, 6.07) is 26.7. The van der Waals surface area contributed by atoms with E-state index in [2.05, 4.69) is 5.32 Å². The zero-order chi connectivity index (χ0) is 23.5. The predicted molar refractivity (Wildman–Crippen MR) is 137 cm³/mol. The van der Waals surface area contributed by atoms with E-state index >= 15 is 0 Å². The van der Waals surface area contributed by atoms with Crippen LogP contribution in [0, 0.1) is 0 Å². The molecule has 3 rings (SSSR count). The van der Waals surface area contributed by atoms with Gasteiger partial charge in [0.15, 0.2) is 0 Å².